The van der Waals surface area contributed by atoms with Gasteiger partial charge in [0.25, 0.3) is 0 Å². The first-order valence-corrected chi connectivity index (χ1v) is 11.3. The Morgan fingerprint density at radius 1 is 1.10 bits per heavy atom. The molecule has 2 unspecified atom stereocenters. The van der Waals surface area contributed by atoms with Crippen LogP contribution in [0.15, 0.2) is 52.4 Å². The van der Waals surface area contributed by atoms with Gasteiger partial charge in [-0.1, -0.05) is 0 Å². The number of aromatic amines is 1. The first kappa shape index (κ1) is 19.6. The lowest BCUT2D eigenvalue weighted by molar-refractivity contribution is 0.503. The molecule has 1 fully saturated rings. The second-order valence-corrected chi connectivity index (χ2v) is 10.1. The first-order valence-electron chi connectivity index (χ1n) is 9.82. The summed E-state index contributed by atoms with van der Waals surface area (Å²) in [5.41, 5.74) is 4.08. The Balaban J connectivity index is 0.00000193. The Hall–Kier alpha value is -2.35. The van der Waals surface area contributed by atoms with Crippen molar-refractivity contribution in [3.63, 3.8) is 0 Å². The van der Waals surface area contributed by atoms with Gasteiger partial charge < -0.3 is 14.9 Å². The zero-order chi connectivity index (χ0) is 19.9. The van der Waals surface area contributed by atoms with Crippen molar-refractivity contribution in [3.8, 4) is 0 Å². The van der Waals surface area contributed by atoms with Crippen LogP contribution in [0.5, 0.6) is 0 Å². The molecule has 156 valence electrons. The maximum Gasteiger partial charge on any atom is 0.221 e. The number of sulfone groups is 1. The number of hydrogen-bond donors (Lipinski definition) is 2. The molecular weight excluding hydrogens is 425 g/mol. The molecule has 4 heterocycles. The monoisotopic (exact) mass is 445 g/mol. The molecule has 4 aromatic rings. The predicted molar refractivity (Wildman–Crippen MR) is 116 cm³/mol. The van der Waals surface area contributed by atoms with Crippen molar-refractivity contribution in [2.45, 2.75) is 41.3 Å². The highest BCUT2D eigenvalue weighted by atomic mass is 35.5. The minimum absolute atomic E-state index is 0. The molecule has 0 saturated carbocycles. The molecule has 2 aliphatic rings. The topological polar surface area (TPSA) is 66.9 Å². The van der Waals surface area contributed by atoms with E-state index >= 15 is 0 Å². The Morgan fingerprint density at radius 2 is 1.93 bits per heavy atom. The number of aryl methyl sites for hydroxylation is 1. The van der Waals surface area contributed by atoms with Gasteiger partial charge in [0.1, 0.15) is 10.8 Å². The van der Waals surface area contributed by atoms with Crippen molar-refractivity contribution in [1.29, 1.82) is 0 Å². The van der Waals surface area contributed by atoms with Gasteiger partial charge in [-0.05, 0) is 60.9 Å². The third-order valence-corrected chi connectivity index (χ3v) is 8.20. The molecule has 5 nitrogen and oxygen atoms in total. The highest BCUT2D eigenvalue weighted by molar-refractivity contribution is 7.91. The highest BCUT2D eigenvalue weighted by Gasteiger charge is 2.36. The average molecular weight is 446 g/mol. The first-order chi connectivity index (χ1) is 13.9. The lowest BCUT2D eigenvalue weighted by Crippen LogP contribution is -2.32. The number of benzene rings is 2. The molecule has 2 atom stereocenters. The van der Waals surface area contributed by atoms with Gasteiger partial charge in [-0.2, -0.15) is 0 Å². The van der Waals surface area contributed by atoms with Crippen LogP contribution in [0.3, 0.4) is 0 Å². The van der Waals surface area contributed by atoms with Crippen molar-refractivity contribution >= 4 is 44.1 Å². The molecule has 2 aromatic heterocycles. The zero-order valence-electron chi connectivity index (χ0n) is 16.3. The largest absolute Gasteiger partial charge is 0.347 e. The molecule has 2 bridgehead atoms. The Bertz CT molecular complexity index is 1420. The molecule has 0 amide bonds. The maximum atomic E-state index is 13.5. The van der Waals surface area contributed by atoms with E-state index in [-0.39, 0.29) is 22.3 Å². The molecule has 1 saturated heterocycles. The van der Waals surface area contributed by atoms with Crippen LogP contribution in [-0.4, -0.2) is 24.0 Å². The van der Waals surface area contributed by atoms with Crippen LogP contribution in [0.25, 0.3) is 21.8 Å². The normalized spacial score (nSPS) is 20.5. The molecule has 0 spiro atoms. The summed E-state index contributed by atoms with van der Waals surface area (Å²) in [7, 11) is -1.68. The Morgan fingerprint density at radius 3 is 2.77 bits per heavy atom. The summed E-state index contributed by atoms with van der Waals surface area (Å²) in [6, 6.07) is 12.0. The Kier molecular flexibility index (Phi) is 4.29. The molecule has 0 radical (unpaired) electrons. The summed E-state index contributed by atoms with van der Waals surface area (Å²) in [5, 5.41) is 5.42. The van der Waals surface area contributed by atoms with Gasteiger partial charge in [-0.15, -0.1) is 12.4 Å². The van der Waals surface area contributed by atoms with Crippen LogP contribution < -0.4 is 5.32 Å². The van der Waals surface area contributed by atoms with E-state index in [4.69, 9.17) is 0 Å². The molecule has 6 rings (SSSR count). The lowest BCUT2D eigenvalue weighted by Gasteiger charge is -2.23. The smallest absolute Gasteiger partial charge is 0.221 e. The Labute approximate surface area is 179 Å². The number of nitrogens with one attached hydrogen (secondary N) is 2. The van der Waals surface area contributed by atoms with Crippen molar-refractivity contribution in [2.24, 2.45) is 7.05 Å². The van der Waals surface area contributed by atoms with Gasteiger partial charge in [0.05, 0.1) is 4.90 Å². The summed E-state index contributed by atoms with van der Waals surface area (Å²) in [4.78, 5) is 3.13. The van der Waals surface area contributed by atoms with Gasteiger partial charge in [0, 0.05) is 53.1 Å². The third kappa shape index (κ3) is 2.65. The SMILES string of the molecule is Cl.Cn1c2c(c3cc(S(=O)(=O)c4cc5ccc(F)cc5[nH]4)ccc31)C1CCC(C2)N1. The number of fused-ring (bicyclic) bond motifs is 7. The molecule has 0 aliphatic carbocycles. The minimum atomic E-state index is -3.74. The van der Waals surface area contributed by atoms with E-state index < -0.39 is 15.7 Å². The van der Waals surface area contributed by atoms with E-state index in [1.54, 1.807) is 24.3 Å². The second-order valence-electron chi connectivity index (χ2n) is 8.16. The fourth-order valence-corrected chi connectivity index (χ4v) is 6.39. The van der Waals surface area contributed by atoms with Crippen LogP contribution in [0, 0.1) is 5.82 Å². The third-order valence-electron chi connectivity index (χ3n) is 6.52. The standard InChI is InChI=1S/C22H20FN3O2S.ClH/c1-26-19-7-5-15(11-16(19)22-17-6-4-14(24-17)10-20(22)26)29(27,28)21-8-12-2-3-13(23)9-18(12)25-21;/h2-3,5,7-9,11,14,17,24-25H,4,6,10H2,1H3;1H. The van der Waals surface area contributed by atoms with Crippen molar-refractivity contribution in [2.75, 3.05) is 0 Å². The van der Waals surface area contributed by atoms with Crippen LogP contribution in [0.4, 0.5) is 4.39 Å². The summed E-state index contributed by atoms with van der Waals surface area (Å²) in [5.74, 6) is -0.400. The number of aromatic nitrogens is 2. The van der Waals surface area contributed by atoms with Crippen LogP contribution >= 0.6 is 12.4 Å². The maximum absolute atomic E-state index is 13.5. The van der Waals surface area contributed by atoms with Gasteiger partial charge in [0.2, 0.25) is 9.84 Å². The van der Waals surface area contributed by atoms with E-state index in [1.807, 2.05) is 6.07 Å². The van der Waals surface area contributed by atoms with Gasteiger partial charge in [-0.25, -0.2) is 12.8 Å². The number of halogens is 2. The quantitative estimate of drug-likeness (QED) is 0.480. The number of nitrogens with zero attached hydrogens (tertiary/aromatic N) is 1. The van der Waals surface area contributed by atoms with Gasteiger partial charge >= 0.3 is 0 Å². The molecule has 2 aliphatic heterocycles. The number of H-pyrrole nitrogens is 1. The number of rotatable bonds is 2. The van der Waals surface area contributed by atoms with E-state index in [0.29, 0.717) is 23.0 Å². The molecule has 30 heavy (non-hydrogen) atoms. The summed E-state index contributed by atoms with van der Waals surface area (Å²) in [6.07, 6.45) is 3.22. The zero-order valence-corrected chi connectivity index (χ0v) is 17.9. The predicted octanol–water partition coefficient (Wildman–Crippen LogP) is 4.40. The van der Waals surface area contributed by atoms with E-state index in [0.717, 1.165) is 30.2 Å². The fourth-order valence-electron chi connectivity index (χ4n) is 5.09. The van der Waals surface area contributed by atoms with E-state index in [2.05, 4.69) is 21.9 Å². The molecular formula is C22H21ClFN3O2S. The minimum Gasteiger partial charge on any atom is -0.347 e. The van der Waals surface area contributed by atoms with Crippen LogP contribution in [0.1, 0.15) is 30.1 Å². The highest BCUT2D eigenvalue weighted by Crippen LogP contribution is 2.42. The fraction of sp³-hybridized carbons (Fsp3) is 0.273. The summed E-state index contributed by atoms with van der Waals surface area (Å²) >= 11 is 0. The average Bonchev–Trinajstić information content (AvgIpc) is 3.37. The summed E-state index contributed by atoms with van der Waals surface area (Å²) < 4.78 is 42.3. The van der Waals surface area contributed by atoms with Crippen molar-refractivity contribution in [1.82, 2.24) is 14.9 Å². The van der Waals surface area contributed by atoms with Crippen LogP contribution in [-0.2, 0) is 23.3 Å². The van der Waals surface area contributed by atoms with Gasteiger partial charge in [-0.3, -0.25) is 0 Å². The molecule has 2 aromatic carbocycles. The van der Waals surface area contributed by atoms with Crippen LogP contribution in [0.2, 0.25) is 0 Å². The molecule has 2 N–H and O–H groups in total. The van der Waals surface area contributed by atoms with Crippen molar-refractivity contribution < 1.29 is 12.8 Å². The second kappa shape index (κ2) is 6.57. The van der Waals surface area contributed by atoms with E-state index in [1.165, 1.54) is 23.4 Å². The summed E-state index contributed by atoms with van der Waals surface area (Å²) in [6.45, 7) is 0. The van der Waals surface area contributed by atoms with Crippen molar-refractivity contribution in [3.05, 3.63) is 59.5 Å². The van der Waals surface area contributed by atoms with E-state index in [9.17, 15) is 12.8 Å². The number of hydrogen-bond acceptors (Lipinski definition) is 3. The van der Waals surface area contributed by atoms with Gasteiger partial charge in [0.15, 0.2) is 0 Å². The molecule has 8 heteroatoms. The lowest BCUT2D eigenvalue weighted by atomic mass is 9.99.